The van der Waals surface area contributed by atoms with Gasteiger partial charge in [-0.2, -0.15) is 0 Å². The van der Waals surface area contributed by atoms with Crippen molar-refractivity contribution in [2.45, 2.75) is 77.9 Å². The van der Waals surface area contributed by atoms with Gasteiger partial charge in [-0.1, -0.05) is 56.3 Å². The first-order chi connectivity index (χ1) is 16.0. The summed E-state index contributed by atoms with van der Waals surface area (Å²) in [5, 5.41) is 6.42. The summed E-state index contributed by atoms with van der Waals surface area (Å²) in [5.74, 6) is -0.208. The van der Waals surface area contributed by atoms with Crippen molar-refractivity contribution in [1.82, 2.24) is 15.5 Å². The average Bonchev–Trinajstić information content (AvgIpc) is 3.03. The summed E-state index contributed by atoms with van der Waals surface area (Å²) in [5.41, 5.74) is 1.19. The fraction of sp³-hybridized carbons (Fsp3) is 0.481. The zero-order chi connectivity index (χ0) is 24.9. The van der Waals surface area contributed by atoms with Crippen LogP contribution in [-0.4, -0.2) is 40.8 Å². The molecule has 1 fully saturated rings. The maximum absolute atomic E-state index is 13.7. The van der Waals surface area contributed by atoms with Gasteiger partial charge in [0.15, 0.2) is 0 Å². The van der Waals surface area contributed by atoms with Crippen LogP contribution < -0.4 is 10.6 Å². The second kappa shape index (κ2) is 11.0. The van der Waals surface area contributed by atoms with Crippen molar-refractivity contribution in [2.75, 3.05) is 0 Å². The number of ether oxygens (including phenoxy) is 1. The lowest BCUT2D eigenvalue weighted by atomic mass is 9.99. The number of carbonyl (C=O) groups excluding carboxylic acids is 2. The molecule has 2 aromatic rings. The third-order valence-electron chi connectivity index (χ3n) is 5.73. The molecule has 2 aromatic carbocycles. The first kappa shape index (κ1) is 25.7. The molecular weight excluding hydrogens is 433 g/mol. The standard InChI is InChI=1S/C27H36FN3O3/c1-18(2)24-30-23(25(32)31(24)17-20-12-9-13-21(28)14-20)16-22(15-19-10-7-6-8-11-19)29-26(33)34-27(3,4)5/h6-14,18,22-24,30H,15-17H2,1-5H3,(H,29,33)/t22-,23-,24?/m0/s1. The summed E-state index contributed by atoms with van der Waals surface area (Å²) < 4.78 is 19.2. The van der Waals surface area contributed by atoms with Gasteiger partial charge in [0.05, 0.1) is 12.2 Å². The molecular formula is C27H36FN3O3. The zero-order valence-electron chi connectivity index (χ0n) is 20.7. The molecule has 1 saturated heterocycles. The van der Waals surface area contributed by atoms with Gasteiger partial charge in [-0.3, -0.25) is 10.1 Å². The van der Waals surface area contributed by atoms with Crippen molar-refractivity contribution in [2.24, 2.45) is 5.92 Å². The lowest BCUT2D eigenvalue weighted by molar-refractivity contribution is -0.131. The van der Waals surface area contributed by atoms with Crippen molar-refractivity contribution >= 4 is 12.0 Å². The normalized spacial score (nSPS) is 19.4. The summed E-state index contributed by atoms with van der Waals surface area (Å²) in [6.07, 6.45) is 0.299. The Morgan fingerprint density at radius 1 is 1.12 bits per heavy atom. The van der Waals surface area contributed by atoms with Gasteiger partial charge in [-0.25, -0.2) is 9.18 Å². The van der Waals surface area contributed by atoms with E-state index in [2.05, 4.69) is 10.6 Å². The minimum Gasteiger partial charge on any atom is -0.444 e. The van der Waals surface area contributed by atoms with Crippen molar-refractivity contribution in [3.8, 4) is 0 Å². The van der Waals surface area contributed by atoms with Gasteiger partial charge in [-0.05, 0) is 62.8 Å². The van der Waals surface area contributed by atoms with E-state index in [4.69, 9.17) is 4.74 Å². The largest absolute Gasteiger partial charge is 0.444 e. The second-order valence-corrected chi connectivity index (χ2v) is 10.3. The molecule has 2 amide bonds. The molecule has 3 atom stereocenters. The number of nitrogens with zero attached hydrogens (tertiary/aromatic N) is 1. The van der Waals surface area contributed by atoms with Crippen LogP contribution in [-0.2, 0) is 22.5 Å². The average molecular weight is 470 g/mol. The highest BCUT2D eigenvalue weighted by Crippen LogP contribution is 2.24. The van der Waals surface area contributed by atoms with Gasteiger partial charge in [0.2, 0.25) is 5.91 Å². The SMILES string of the molecule is CC(C)C1N[C@@H](C[C@H](Cc2ccccc2)NC(=O)OC(C)(C)C)C(=O)N1Cc1cccc(F)c1. The maximum Gasteiger partial charge on any atom is 0.407 e. The molecule has 34 heavy (non-hydrogen) atoms. The molecule has 0 bridgehead atoms. The molecule has 1 aliphatic heterocycles. The number of alkyl carbamates (subject to hydrolysis) is 1. The smallest absolute Gasteiger partial charge is 0.407 e. The van der Waals surface area contributed by atoms with Crippen LogP contribution in [0.25, 0.3) is 0 Å². The summed E-state index contributed by atoms with van der Waals surface area (Å²) in [4.78, 5) is 27.8. The Balaban J connectivity index is 1.76. The molecule has 1 aliphatic rings. The molecule has 0 spiro atoms. The topological polar surface area (TPSA) is 70.7 Å². The van der Waals surface area contributed by atoms with Crippen LogP contribution in [0.15, 0.2) is 54.6 Å². The van der Waals surface area contributed by atoms with E-state index in [-0.39, 0.29) is 29.8 Å². The first-order valence-electron chi connectivity index (χ1n) is 11.9. The maximum atomic E-state index is 13.7. The summed E-state index contributed by atoms with van der Waals surface area (Å²) in [6, 6.07) is 15.4. The number of nitrogens with one attached hydrogen (secondary N) is 2. The van der Waals surface area contributed by atoms with Gasteiger partial charge in [0, 0.05) is 12.6 Å². The number of hydrogen-bond donors (Lipinski definition) is 2. The van der Waals surface area contributed by atoms with E-state index in [1.54, 1.807) is 11.0 Å². The molecule has 0 radical (unpaired) electrons. The van der Waals surface area contributed by atoms with Crippen LogP contribution >= 0.6 is 0 Å². The Hall–Kier alpha value is -2.93. The van der Waals surface area contributed by atoms with Gasteiger partial charge in [0.25, 0.3) is 0 Å². The lowest BCUT2D eigenvalue weighted by Gasteiger charge is -2.27. The van der Waals surface area contributed by atoms with Crippen molar-refractivity contribution in [1.29, 1.82) is 0 Å². The highest BCUT2D eigenvalue weighted by molar-refractivity contribution is 5.84. The van der Waals surface area contributed by atoms with E-state index in [0.29, 0.717) is 19.4 Å². The second-order valence-electron chi connectivity index (χ2n) is 10.3. The Morgan fingerprint density at radius 2 is 1.79 bits per heavy atom. The van der Waals surface area contributed by atoms with Crippen molar-refractivity contribution < 1.29 is 18.7 Å². The number of carbonyl (C=O) groups is 2. The molecule has 0 aromatic heterocycles. The molecule has 184 valence electrons. The molecule has 1 heterocycles. The van der Waals surface area contributed by atoms with E-state index >= 15 is 0 Å². The van der Waals surface area contributed by atoms with Crippen molar-refractivity contribution in [3.63, 3.8) is 0 Å². The van der Waals surface area contributed by atoms with Crippen LogP contribution in [0.1, 0.15) is 52.2 Å². The predicted molar refractivity (Wildman–Crippen MR) is 130 cm³/mol. The Bertz CT molecular complexity index is 975. The van der Waals surface area contributed by atoms with Crippen LogP contribution in [0.3, 0.4) is 0 Å². The number of rotatable bonds is 8. The van der Waals surface area contributed by atoms with Crippen LogP contribution in [0, 0.1) is 11.7 Å². The monoisotopic (exact) mass is 469 g/mol. The summed E-state index contributed by atoms with van der Waals surface area (Å²) >= 11 is 0. The van der Waals surface area contributed by atoms with Gasteiger partial charge >= 0.3 is 6.09 Å². The summed E-state index contributed by atoms with van der Waals surface area (Å²) in [7, 11) is 0. The lowest BCUT2D eigenvalue weighted by Crippen LogP contribution is -2.45. The summed E-state index contributed by atoms with van der Waals surface area (Å²) in [6.45, 7) is 9.87. The minimum atomic E-state index is -0.618. The molecule has 3 rings (SSSR count). The first-order valence-corrected chi connectivity index (χ1v) is 11.9. The number of benzene rings is 2. The fourth-order valence-electron chi connectivity index (χ4n) is 4.28. The number of hydrogen-bond acceptors (Lipinski definition) is 4. The van der Waals surface area contributed by atoms with E-state index in [9.17, 15) is 14.0 Å². The minimum absolute atomic E-state index is 0.0491. The zero-order valence-corrected chi connectivity index (χ0v) is 20.7. The van der Waals surface area contributed by atoms with Crippen LogP contribution in [0.4, 0.5) is 9.18 Å². The Kier molecular flexibility index (Phi) is 8.31. The molecule has 6 nitrogen and oxygen atoms in total. The van der Waals surface area contributed by atoms with Crippen molar-refractivity contribution in [3.05, 3.63) is 71.5 Å². The third-order valence-corrected chi connectivity index (χ3v) is 5.73. The van der Waals surface area contributed by atoms with E-state index in [0.717, 1.165) is 11.1 Å². The predicted octanol–water partition coefficient (Wildman–Crippen LogP) is 4.63. The Labute approximate surface area is 201 Å². The van der Waals surface area contributed by atoms with Gasteiger partial charge < -0.3 is 15.0 Å². The number of halogens is 1. The van der Waals surface area contributed by atoms with E-state index in [1.807, 2.05) is 71.0 Å². The molecule has 0 saturated carbocycles. The third kappa shape index (κ3) is 7.29. The van der Waals surface area contributed by atoms with Crippen LogP contribution in [0.2, 0.25) is 0 Å². The Morgan fingerprint density at radius 3 is 2.41 bits per heavy atom. The van der Waals surface area contributed by atoms with Gasteiger partial charge in [0.1, 0.15) is 11.4 Å². The molecule has 7 heteroatoms. The van der Waals surface area contributed by atoms with Gasteiger partial charge in [-0.15, -0.1) is 0 Å². The quantitative estimate of drug-likeness (QED) is 0.591. The molecule has 1 unspecified atom stereocenters. The molecule has 0 aliphatic carbocycles. The fourth-order valence-corrected chi connectivity index (χ4v) is 4.28. The highest BCUT2D eigenvalue weighted by atomic mass is 19.1. The molecule has 2 N–H and O–H groups in total. The van der Waals surface area contributed by atoms with E-state index < -0.39 is 17.7 Å². The van der Waals surface area contributed by atoms with E-state index in [1.165, 1.54) is 12.1 Å². The number of amides is 2. The highest BCUT2D eigenvalue weighted by Gasteiger charge is 2.41. The van der Waals surface area contributed by atoms with Crippen LogP contribution in [0.5, 0.6) is 0 Å².